The summed E-state index contributed by atoms with van der Waals surface area (Å²) in [5, 5.41) is 0. The lowest BCUT2D eigenvalue weighted by molar-refractivity contribution is -0.162. The lowest BCUT2D eigenvalue weighted by Gasteiger charge is -2.22. The second-order valence-electron chi connectivity index (χ2n) is 5.32. The van der Waals surface area contributed by atoms with Crippen molar-refractivity contribution in [3.8, 4) is 0 Å². The SMILES string of the molecule is c1ccc(CCCCCCOC2CCCCO2)cc1. The Labute approximate surface area is 117 Å². The summed E-state index contributed by atoms with van der Waals surface area (Å²) in [5.74, 6) is 0. The average Bonchev–Trinajstić information content (AvgIpc) is 2.48. The molecule has 19 heavy (non-hydrogen) atoms. The van der Waals surface area contributed by atoms with Crippen molar-refractivity contribution in [2.24, 2.45) is 0 Å². The van der Waals surface area contributed by atoms with E-state index in [4.69, 9.17) is 9.47 Å². The fraction of sp³-hybridized carbons (Fsp3) is 0.647. The topological polar surface area (TPSA) is 18.5 Å². The molecule has 1 fully saturated rings. The van der Waals surface area contributed by atoms with Gasteiger partial charge in [0, 0.05) is 13.2 Å². The highest BCUT2D eigenvalue weighted by atomic mass is 16.7. The van der Waals surface area contributed by atoms with Crippen molar-refractivity contribution in [1.29, 1.82) is 0 Å². The molecule has 0 amide bonds. The maximum absolute atomic E-state index is 5.73. The smallest absolute Gasteiger partial charge is 0.157 e. The molecule has 0 aromatic heterocycles. The van der Waals surface area contributed by atoms with E-state index in [1.54, 1.807) is 0 Å². The summed E-state index contributed by atoms with van der Waals surface area (Å²) >= 11 is 0. The fourth-order valence-electron chi connectivity index (χ4n) is 2.49. The van der Waals surface area contributed by atoms with Crippen LogP contribution in [-0.2, 0) is 15.9 Å². The monoisotopic (exact) mass is 262 g/mol. The van der Waals surface area contributed by atoms with Gasteiger partial charge < -0.3 is 9.47 Å². The van der Waals surface area contributed by atoms with Crippen molar-refractivity contribution in [3.63, 3.8) is 0 Å². The Balaban J connectivity index is 1.42. The number of benzene rings is 1. The molecule has 2 rings (SSSR count). The van der Waals surface area contributed by atoms with E-state index in [0.717, 1.165) is 26.1 Å². The Bertz CT molecular complexity index is 317. The van der Waals surface area contributed by atoms with Crippen molar-refractivity contribution in [2.75, 3.05) is 13.2 Å². The van der Waals surface area contributed by atoms with Gasteiger partial charge in [0.25, 0.3) is 0 Å². The Hall–Kier alpha value is -0.860. The summed E-state index contributed by atoms with van der Waals surface area (Å²) in [4.78, 5) is 0. The molecule has 0 spiro atoms. The molecule has 1 unspecified atom stereocenters. The van der Waals surface area contributed by atoms with Gasteiger partial charge in [-0.1, -0.05) is 43.2 Å². The molecule has 1 aliphatic rings. The zero-order valence-corrected chi connectivity index (χ0v) is 11.9. The highest BCUT2D eigenvalue weighted by molar-refractivity contribution is 5.14. The molecule has 0 N–H and O–H groups in total. The molecular weight excluding hydrogens is 236 g/mol. The highest BCUT2D eigenvalue weighted by Gasteiger charge is 2.13. The summed E-state index contributed by atoms with van der Waals surface area (Å²) in [6.07, 6.45) is 9.81. The van der Waals surface area contributed by atoms with E-state index in [1.165, 1.54) is 44.1 Å². The van der Waals surface area contributed by atoms with E-state index >= 15 is 0 Å². The minimum atomic E-state index is 0.0815. The molecule has 1 aromatic rings. The van der Waals surface area contributed by atoms with Crippen molar-refractivity contribution in [3.05, 3.63) is 35.9 Å². The van der Waals surface area contributed by atoms with Crippen LogP contribution in [0.25, 0.3) is 0 Å². The van der Waals surface area contributed by atoms with Crippen molar-refractivity contribution >= 4 is 0 Å². The second kappa shape index (κ2) is 9.11. The first-order valence-corrected chi connectivity index (χ1v) is 7.72. The minimum Gasteiger partial charge on any atom is -0.353 e. The second-order valence-corrected chi connectivity index (χ2v) is 5.32. The quantitative estimate of drug-likeness (QED) is 0.649. The van der Waals surface area contributed by atoms with Gasteiger partial charge in [0.15, 0.2) is 6.29 Å². The number of hydrogen-bond donors (Lipinski definition) is 0. The lowest BCUT2D eigenvalue weighted by Crippen LogP contribution is -2.22. The van der Waals surface area contributed by atoms with Gasteiger partial charge in [0.05, 0.1) is 0 Å². The third-order valence-corrected chi connectivity index (χ3v) is 3.64. The van der Waals surface area contributed by atoms with Crippen molar-refractivity contribution in [1.82, 2.24) is 0 Å². The van der Waals surface area contributed by atoms with Gasteiger partial charge in [-0.15, -0.1) is 0 Å². The van der Waals surface area contributed by atoms with Crippen molar-refractivity contribution < 1.29 is 9.47 Å². The zero-order chi connectivity index (χ0) is 13.2. The van der Waals surface area contributed by atoms with Crippen LogP contribution in [0.3, 0.4) is 0 Å². The van der Waals surface area contributed by atoms with E-state index < -0.39 is 0 Å². The van der Waals surface area contributed by atoms with Gasteiger partial charge in [-0.3, -0.25) is 0 Å². The van der Waals surface area contributed by atoms with Gasteiger partial charge in [-0.2, -0.15) is 0 Å². The van der Waals surface area contributed by atoms with E-state index in [1.807, 2.05) is 0 Å². The van der Waals surface area contributed by atoms with Crippen LogP contribution in [0.1, 0.15) is 50.5 Å². The molecule has 1 atom stereocenters. The Kier molecular flexibility index (Phi) is 6.97. The molecule has 0 radical (unpaired) electrons. The maximum Gasteiger partial charge on any atom is 0.157 e. The van der Waals surface area contributed by atoms with Gasteiger partial charge in [-0.25, -0.2) is 0 Å². The van der Waals surface area contributed by atoms with Gasteiger partial charge in [0.1, 0.15) is 0 Å². The van der Waals surface area contributed by atoms with Gasteiger partial charge in [0.2, 0.25) is 0 Å². The van der Waals surface area contributed by atoms with Crippen LogP contribution in [0.2, 0.25) is 0 Å². The number of hydrogen-bond acceptors (Lipinski definition) is 2. The van der Waals surface area contributed by atoms with Crippen LogP contribution in [0.15, 0.2) is 30.3 Å². The summed E-state index contributed by atoms with van der Waals surface area (Å²) in [7, 11) is 0. The molecular formula is C17H26O2. The lowest BCUT2D eigenvalue weighted by atomic mass is 10.1. The first-order valence-electron chi connectivity index (χ1n) is 7.72. The van der Waals surface area contributed by atoms with Gasteiger partial charge in [-0.05, 0) is 44.1 Å². The predicted octanol–water partition coefficient (Wildman–Crippen LogP) is 4.33. The number of aryl methyl sites for hydroxylation is 1. The molecule has 2 heteroatoms. The Morgan fingerprint density at radius 1 is 1.00 bits per heavy atom. The number of ether oxygens (including phenoxy) is 2. The molecule has 1 aromatic carbocycles. The zero-order valence-electron chi connectivity index (χ0n) is 11.9. The summed E-state index contributed by atoms with van der Waals surface area (Å²) in [5.41, 5.74) is 1.45. The highest BCUT2D eigenvalue weighted by Crippen LogP contribution is 2.14. The largest absolute Gasteiger partial charge is 0.353 e. The van der Waals surface area contributed by atoms with Crippen LogP contribution >= 0.6 is 0 Å². The fourth-order valence-corrected chi connectivity index (χ4v) is 2.49. The summed E-state index contributed by atoms with van der Waals surface area (Å²) in [6, 6.07) is 10.7. The first kappa shape index (κ1) is 14.5. The van der Waals surface area contributed by atoms with Crippen LogP contribution in [0, 0.1) is 0 Å². The van der Waals surface area contributed by atoms with E-state index in [2.05, 4.69) is 30.3 Å². The molecule has 0 bridgehead atoms. The number of rotatable bonds is 8. The third-order valence-electron chi connectivity index (χ3n) is 3.64. The van der Waals surface area contributed by atoms with Crippen LogP contribution in [-0.4, -0.2) is 19.5 Å². The molecule has 0 aliphatic carbocycles. The summed E-state index contributed by atoms with van der Waals surface area (Å²) in [6.45, 7) is 1.73. The Morgan fingerprint density at radius 3 is 2.63 bits per heavy atom. The van der Waals surface area contributed by atoms with E-state index in [0.29, 0.717) is 0 Å². The predicted molar refractivity (Wildman–Crippen MR) is 78.2 cm³/mol. The van der Waals surface area contributed by atoms with Gasteiger partial charge >= 0.3 is 0 Å². The molecule has 2 nitrogen and oxygen atoms in total. The van der Waals surface area contributed by atoms with Crippen LogP contribution in [0.4, 0.5) is 0 Å². The van der Waals surface area contributed by atoms with Crippen molar-refractivity contribution in [2.45, 2.75) is 57.7 Å². The molecule has 1 aliphatic heterocycles. The maximum atomic E-state index is 5.73. The van der Waals surface area contributed by atoms with Crippen LogP contribution in [0.5, 0.6) is 0 Å². The number of unbranched alkanes of at least 4 members (excludes halogenated alkanes) is 3. The van der Waals surface area contributed by atoms with E-state index in [-0.39, 0.29) is 6.29 Å². The third kappa shape index (κ3) is 6.22. The standard InChI is InChI=1S/C17H26O2/c1(4-10-16-11-5-3-6-12-16)2-8-14-18-17-13-7-9-15-19-17/h3,5-6,11-12,17H,1-2,4,7-10,13-15H2. The molecule has 106 valence electrons. The average molecular weight is 262 g/mol. The van der Waals surface area contributed by atoms with E-state index in [9.17, 15) is 0 Å². The summed E-state index contributed by atoms with van der Waals surface area (Å²) < 4.78 is 11.3. The Morgan fingerprint density at radius 2 is 1.84 bits per heavy atom. The molecule has 0 saturated carbocycles. The normalized spacial score (nSPS) is 19.5. The molecule has 1 heterocycles. The molecule has 1 saturated heterocycles. The first-order chi connectivity index (χ1) is 9.45. The minimum absolute atomic E-state index is 0.0815. The van der Waals surface area contributed by atoms with Crippen LogP contribution < -0.4 is 0 Å².